The van der Waals surface area contributed by atoms with E-state index in [2.05, 4.69) is 5.32 Å². The quantitative estimate of drug-likeness (QED) is 0.899. The number of likely N-dealkylation sites (tertiary alicyclic amines) is 1. The van der Waals surface area contributed by atoms with Crippen molar-refractivity contribution in [2.45, 2.75) is 32.0 Å². The number of methoxy groups -OCH3 is 1. The number of alkyl halides is 3. The molecule has 0 radical (unpaired) electrons. The topological polar surface area (TPSA) is 41.6 Å². The van der Waals surface area contributed by atoms with Crippen molar-refractivity contribution in [1.82, 2.24) is 4.90 Å². The minimum absolute atomic E-state index is 0.0769. The first-order valence-corrected chi connectivity index (χ1v) is 6.95. The van der Waals surface area contributed by atoms with Gasteiger partial charge < -0.3 is 15.0 Å². The van der Waals surface area contributed by atoms with E-state index in [1.54, 1.807) is 24.3 Å². The predicted molar refractivity (Wildman–Crippen MR) is 77.0 cm³/mol. The molecular formula is C15H19F3N2O2. The molecule has 1 aromatic carbocycles. The highest BCUT2D eigenvalue weighted by atomic mass is 19.4. The summed E-state index contributed by atoms with van der Waals surface area (Å²) < 4.78 is 44.1. The van der Waals surface area contributed by atoms with E-state index in [4.69, 9.17) is 4.74 Å². The maximum Gasteiger partial charge on any atom is 0.394 e. The van der Waals surface area contributed by atoms with Gasteiger partial charge in [0, 0.05) is 12.2 Å². The second-order valence-electron chi connectivity index (χ2n) is 5.85. The molecule has 0 aliphatic carbocycles. The smallest absolute Gasteiger partial charge is 0.394 e. The number of urea groups is 1. The van der Waals surface area contributed by atoms with E-state index in [0.717, 1.165) is 0 Å². The van der Waals surface area contributed by atoms with Gasteiger partial charge in [0.15, 0.2) is 0 Å². The molecule has 0 aromatic heterocycles. The van der Waals surface area contributed by atoms with E-state index in [9.17, 15) is 18.0 Å². The highest BCUT2D eigenvalue weighted by Gasteiger charge is 2.56. The number of hydrogen-bond acceptors (Lipinski definition) is 2. The molecule has 122 valence electrons. The van der Waals surface area contributed by atoms with Crippen LogP contribution in [0.25, 0.3) is 0 Å². The van der Waals surface area contributed by atoms with Gasteiger partial charge in [-0.25, -0.2) is 4.79 Å². The third kappa shape index (κ3) is 3.13. The maximum absolute atomic E-state index is 13.0. The molecule has 0 unspecified atom stereocenters. The van der Waals surface area contributed by atoms with Crippen LogP contribution in [0.1, 0.15) is 20.3 Å². The molecule has 2 amide bonds. The van der Waals surface area contributed by atoms with Crippen LogP contribution in [0.3, 0.4) is 0 Å². The number of rotatable bonds is 2. The largest absolute Gasteiger partial charge is 0.497 e. The Morgan fingerprint density at radius 3 is 2.36 bits per heavy atom. The molecule has 0 bridgehead atoms. The molecule has 0 saturated carbocycles. The van der Waals surface area contributed by atoms with Crippen LogP contribution in [0.15, 0.2) is 24.3 Å². The van der Waals surface area contributed by atoms with E-state index in [1.165, 1.54) is 25.9 Å². The van der Waals surface area contributed by atoms with Crippen LogP contribution in [-0.2, 0) is 0 Å². The van der Waals surface area contributed by atoms with Crippen molar-refractivity contribution in [3.8, 4) is 5.75 Å². The fourth-order valence-electron chi connectivity index (χ4n) is 2.88. The van der Waals surface area contributed by atoms with Crippen molar-refractivity contribution in [3.05, 3.63) is 24.3 Å². The van der Waals surface area contributed by atoms with Gasteiger partial charge in [0.05, 0.1) is 18.6 Å². The molecule has 0 spiro atoms. The van der Waals surface area contributed by atoms with Gasteiger partial charge in [-0.3, -0.25) is 0 Å². The van der Waals surface area contributed by atoms with Gasteiger partial charge in [0.25, 0.3) is 0 Å². The lowest BCUT2D eigenvalue weighted by Gasteiger charge is -2.36. The van der Waals surface area contributed by atoms with E-state index < -0.39 is 23.7 Å². The molecule has 2 rings (SSSR count). The van der Waals surface area contributed by atoms with Crippen LogP contribution >= 0.6 is 0 Å². The number of benzene rings is 1. The van der Waals surface area contributed by atoms with Crippen LogP contribution in [-0.4, -0.2) is 36.3 Å². The van der Waals surface area contributed by atoms with Gasteiger partial charge in [-0.1, -0.05) is 0 Å². The van der Waals surface area contributed by atoms with Gasteiger partial charge >= 0.3 is 12.2 Å². The number of nitrogens with one attached hydrogen (secondary N) is 1. The zero-order valence-corrected chi connectivity index (χ0v) is 12.7. The molecule has 1 aliphatic rings. The number of anilines is 1. The van der Waals surface area contributed by atoms with Gasteiger partial charge in [0.2, 0.25) is 0 Å². The third-order valence-corrected chi connectivity index (χ3v) is 4.17. The molecule has 7 heteroatoms. The van der Waals surface area contributed by atoms with E-state index in [-0.39, 0.29) is 13.0 Å². The predicted octanol–water partition coefficient (Wildman–Crippen LogP) is 3.89. The third-order valence-electron chi connectivity index (χ3n) is 4.17. The number of amides is 2. The van der Waals surface area contributed by atoms with Gasteiger partial charge in [-0.15, -0.1) is 0 Å². The van der Waals surface area contributed by atoms with Crippen molar-refractivity contribution in [2.75, 3.05) is 19.0 Å². The van der Waals surface area contributed by atoms with Crippen molar-refractivity contribution in [2.24, 2.45) is 5.92 Å². The standard InChI is InChI=1S/C15H19F3N2O2/c1-14(2)12(15(16,17)18)8-9-20(14)13(21)19-10-4-6-11(22-3)7-5-10/h4-7,12H,8-9H2,1-3H3,(H,19,21)/t12-/m1/s1. The van der Waals surface area contributed by atoms with E-state index in [1.807, 2.05) is 0 Å². The fraction of sp³-hybridized carbons (Fsp3) is 0.533. The normalized spacial score (nSPS) is 20.8. The number of nitrogens with zero attached hydrogens (tertiary/aromatic N) is 1. The SMILES string of the molecule is COc1ccc(NC(=O)N2CC[C@@H](C(F)(F)F)C2(C)C)cc1. The number of halogens is 3. The molecule has 1 aliphatic heterocycles. The van der Waals surface area contributed by atoms with E-state index >= 15 is 0 Å². The van der Waals surface area contributed by atoms with E-state index in [0.29, 0.717) is 11.4 Å². The van der Waals surface area contributed by atoms with Gasteiger partial charge in [-0.05, 0) is 44.5 Å². The molecular weight excluding hydrogens is 297 g/mol. The van der Waals surface area contributed by atoms with Crippen LogP contribution in [0, 0.1) is 5.92 Å². The highest BCUT2D eigenvalue weighted by Crippen LogP contribution is 2.44. The maximum atomic E-state index is 13.0. The second-order valence-corrected chi connectivity index (χ2v) is 5.85. The summed E-state index contributed by atoms with van der Waals surface area (Å²) in [6.07, 6.45) is -4.38. The Balaban J connectivity index is 2.09. The summed E-state index contributed by atoms with van der Waals surface area (Å²) in [5.74, 6) is -0.877. The summed E-state index contributed by atoms with van der Waals surface area (Å²) in [6.45, 7) is 2.98. The lowest BCUT2D eigenvalue weighted by atomic mass is 9.88. The lowest BCUT2D eigenvalue weighted by Crippen LogP contribution is -2.51. The molecule has 1 fully saturated rings. The first-order chi connectivity index (χ1) is 10.2. The number of hydrogen-bond donors (Lipinski definition) is 1. The zero-order valence-electron chi connectivity index (χ0n) is 12.7. The van der Waals surface area contributed by atoms with Gasteiger partial charge in [0.1, 0.15) is 5.75 Å². The lowest BCUT2D eigenvalue weighted by molar-refractivity contribution is -0.189. The van der Waals surface area contributed by atoms with Gasteiger partial charge in [-0.2, -0.15) is 13.2 Å². The van der Waals surface area contributed by atoms with Crippen molar-refractivity contribution in [3.63, 3.8) is 0 Å². The van der Waals surface area contributed by atoms with Crippen molar-refractivity contribution in [1.29, 1.82) is 0 Å². The summed E-state index contributed by atoms with van der Waals surface area (Å²) in [6, 6.07) is 6.09. The fourth-order valence-corrected chi connectivity index (χ4v) is 2.88. The number of carbonyl (C=O) groups is 1. The van der Waals surface area contributed by atoms with Crippen molar-refractivity contribution < 1.29 is 22.7 Å². The Morgan fingerprint density at radius 2 is 1.91 bits per heavy atom. The Hall–Kier alpha value is -1.92. The minimum Gasteiger partial charge on any atom is -0.497 e. The monoisotopic (exact) mass is 316 g/mol. The van der Waals surface area contributed by atoms with Crippen LogP contribution in [0.5, 0.6) is 5.75 Å². The molecule has 1 heterocycles. The molecule has 1 saturated heterocycles. The van der Waals surface area contributed by atoms with Crippen molar-refractivity contribution >= 4 is 11.7 Å². The Labute approximate surface area is 127 Å². The summed E-state index contributed by atoms with van der Waals surface area (Å²) in [7, 11) is 1.53. The number of ether oxygens (including phenoxy) is 1. The second kappa shape index (κ2) is 5.70. The summed E-state index contributed by atoms with van der Waals surface area (Å²) in [5, 5.41) is 2.63. The van der Waals surface area contributed by atoms with Crippen LogP contribution in [0.2, 0.25) is 0 Å². The summed E-state index contributed by atoms with van der Waals surface area (Å²) in [4.78, 5) is 13.5. The Bertz CT molecular complexity index is 541. The molecule has 22 heavy (non-hydrogen) atoms. The first kappa shape index (κ1) is 16.5. The minimum atomic E-state index is -4.31. The Morgan fingerprint density at radius 1 is 1.32 bits per heavy atom. The first-order valence-electron chi connectivity index (χ1n) is 6.95. The zero-order chi connectivity index (χ0) is 16.5. The molecule has 1 N–H and O–H groups in total. The highest BCUT2D eigenvalue weighted by molar-refractivity contribution is 5.90. The molecule has 1 aromatic rings. The average Bonchev–Trinajstić information content (AvgIpc) is 2.74. The molecule has 1 atom stereocenters. The summed E-state index contributed by atoms with van der Waals surface area (Å²) >= 11 is 0. The average molecular weight is 316 g/mol. The Kier molecular flexibility index (Phi) is 4.26. The molecule has 4 nitrogen and oxygen atoms in total. The summed E-state index contributed by atoms with van der Waals surface area (Å²) in [5.41, 5.74) is -0.758. The number of carbonyl (C=O) groups excluding carboxylic acids is 1. The van der Waals surface area contributed by atoms with Crippen LogP contribution < -0.4 is 10.1 Å². The van der Waals surface area contributed by atoms with Crippen LogP contribution in [0.4, 0.5) is 23.7 Å².